The molecule has 2 unspecified atom stereocenters. The van der Waals surface area contributed by atoms with Crippen LogP contribution in [-0.2, 0) is 16.1 Å². The van der Waals surface area contributed by atoms with Crippen molar-refractivity contribution in [3.05, 3.63) is 41.3 Å². The molecule has 0 spiro atoms. The summed E-state index contributed by atoms with van der Waals surface area (Å²) in [4.78, 5) is 46.0. The summed E-state index contributed by atoms with van der Waals surface area (Å²) in [5, 5.41) is 24.2. The van der Waals surface area contributed by atoms with Gasteiger partial charge in [-0.3, -0.25) is 14.6 Å². The van der Waals surface area contributed by atoms with Crippen LogP contribution in [0.1, 0.15) is 50.8 Å². The smallest absolute Gasteiger partial charge is 0.548 e. The first-order valence-corrected chi connectivity index (χ1v) is 13.0. The number of nitrogens with zero attached hydrogens (tertiary/aromatic N) is 3. The van der Waals surface area contributed by atoms with Gasteiger partial charge in [-0.15, -0.1) is 23.1 Å². The summed E-state index contributed by atoms with van der Waals surface area (Å²) in [6.07, 6.45) is 0.769. The molecule has 2 aromatic heterocycles. The first kappa shape index (κ1) is 31.5. The van der Waals surface area contributed by atoms with E-state index in [1.54, 1.807) is 17.8 Å². The van der Waals surface area contributed by atoms with Gasteiger partial charge in [-0.2, -0.15) is 0 Å². The number of aliphatic hydroxyl groups excluding tert-OH is 1. The Balaban J connectivity index is 0.00000199. The number of pyridine rings is 1. The summed E-state index contributed by atoms with van der Waals surface area (Å²) >= 11 is 2.76. The molecule has 5 atom stereocenters. The number of amides is 2. The number of aliphatic carboxylic acids is 1. The van der Waals surface area contributed by atoms with Crippen LogP contribution in [-0.4, -0.2) is 61.7 Å². The van der Waals surface area contributed by atoms with Crippen molar-refractivity contribution in [1.29, 1.82) is 0 Å². The van der Waals surface area contributed by atoms with E-state index in [9.17, 15) is 24.6 Å². The van der Waals surface area contributed by atoms with E-state index in [1.807, 2.05) is 32.9 Å². The Morgan fingerprint density at radius 1 is 1.26 bits per heavy atom. The molecule has 2 N–H and O–H groups in total. The number of hydrogen-bond donors (Lipinski definition) is 2. The van der Waals surface area contributed by atoms with E-state index in [-0.39, 0.29) is 53.8 Å². The second-order valence-corrected chi connectivity index (χ2v) is 9.92. The van der Waals surface area contributed by atoms with Gasteiger partial charge in [-0.25, -0.2) is 4.98 Å². The molecule has 2 amide bonds. The molecule has 12 heteroatoms. The molecule has 186 valence electrons. The molecule has 35 heavy (non-hydrogen) atoms. The van der Waals surface area contributed by atoms with Crippen molar-refractivity contribution in [2.24, 2.45) is 11.8 Å². The van der Waals surface area contributed by atoms with Gasteiger partial charge in [0.05, 0.1) is 46.0 Å². The van der Waals surface area contributed by atoms with Crippen molar-refractivity contribution in [2.45, 2.75) is 63.6 Å². The summed E-state index contributed by atoms with van der Waals surface area (Å²) < 4.78 is 0.731. The van der Waals surface area contributed by atoms with Gasteiger partial charge in [-0.05, 0) is 31.9 Å². The van der Waals surface area contributed by atoms with Crippen LogP contribution >= 0.6 is 23.1 Å². The van der Waals surface area contributed by atoms with E-state index < -0.39 is 30.1 Å². The topological polar surface area (TPSA) is 136 Å². The third-order valence-electron chi connectivity index (χ3n) is 5.47. The van der Waals surface area contributed by atoms with Crippen molar-refractivity contribution < 1.29 is 54.2 Å². The molecular formula is C23H31N4NaO5S2. The maximum absolute atomic E-state index is 12.6. The van der Waals surface area contributed by atoms with Gasteiger partial charge in [0.2, 0.25) is 5.91 Å². The third kappa shape index (κ3) is 7.74. The van der Waals surface area contributed by atoms with E-state index in [4.69, 9.17) is 0 Å². The molecule has 3 heterocycles. The maximum atomic E-state index is 12.6. The molecule has 9 nitrogen and oxygen atoms in total. The maximum Gasteiger partial charge on any atom is 1.00 e. The number of thiazole rings is 1. The van der Waals surface area contributed by atoms with E-state index in [0.29, 0.717) is 11.4 Å². The fourth-order valence-electron chi connectivity index (χ4n) is 3.79. The number of carbonyl (C=O) groups excluding carboxylic acids is 3. The van der Waals surface area contributed by atoms with Gasteiger partial charge in [0.1, 0.15) is 0 Å². The van der Waals surface area contributed by atoms with Gasteiger partial charge in [0, 0.05) is 18.0 Å². The molecule has 0 saturated carbocycles. The molecule has 0 bridgehead atoms. The molecular weight excluding hydrogens is 499 g/mol. The van der Waals surface area contributed by atoms with Crippen LogP contribution in [0.15, 0.2) is 34.1 Å². The summed E-state index contributed by atoms with van der Waals surface area (Å²) in [7, 11) is 0. The van der Waals surface area contributed by atoms with Crippen molar-refractivity contribution >= 4 is 40.9 Å². The molecule has 0 aliphatic carbocycles. The zero-order valence-electron chi connectivity index (χ0n) is 20.9. The molecule has 3 rings (SSSR count). The van der Waals surface area contributed by atoms with Gasteiger partial charge in [0.15, 0.2) is 5.69 Å². The molecule has 0 radical (unpaired) electrons. The number of hydrogen-bond acceptors (Lipinski definition) is 9. The normalized spacial score (nSPS) is 19.3. The number of rotatable bonds is 10. The Bertz CT molecular complexity index is 976. The van der Waals surface area contributed by atoms with Crippen LogP contribution in [0.5, 0.6) is 0 Å². The number of aliphatic hydroxyl groups is 1. The quantitative estimate of drug-likeness (QED) is 0.217. The first-order valence-electron chi connectivity index (χ1n) is 11.2. The zero-order valence-corrected chi connectivity index (χ0v) is 24.6. The Morgan fingerprint density at radius 3 is 2.51 bits per heavy atom. The standard InChI is InChI=1S/C21H26N4O5S2.C2H6.Na/c1-11(17-15(13(3)26)19(28)25(17)12(2)20(29)30)9-31-21-16(24-10-32-21)18(27)23-8-14-6-4-5-7-22-14;1-2;/h4-7,10-13,15,17,26H,8-9H2,1-3H3,(H,23,27)(H,29,30);1-2H3;/q;;+1/p-1/t11-,12?,13+,15+,17?;;/m0../s1. The molecule has 1 aliphatic heterocycles. The van der Waals surface area contributed by atoms with Crippen LogP contribution in [0.3, 0.4) is 0 Å². The molecule has 1 aliphatic rings. The minimum atomic E-state index is -1.33. The van der Waals surface area contributed by atoms with Crippen LogP contribution in [0, 0.1) is 11.8 Å². The number of carbonyl (C=O) groups is 3. The van der Waals surface area contributed by atoms with Crippen LogP contribution in [0.2, 0.25) is 0 Å². The summed E-state index contributed by atoms with van der Waals surface area (Å²) in [6, 6.07) is 3.95. The summed E-state index contributed by atoms with van der Waals surface area (Å²) in [5.41, 5.74) is 2.65. The zero-order chi connectivity index (χ0) is 25.4. The van der Waals surface area contributed by atoms with E-state index >= 15 is 0 Å². The van der Waals surface area contributed by atoms with Gasteiger partial charge < -0.3 is 25.2 Å². The largest absolute Gasteiger partial charge is 1.00 e. The number of aromatic nitrogens is 2. The number of nitrogens with one attached hydrogen (secondary N) is 1. The molecule has 0 aromatic carbocycles. The molecule has 1 saturated heterocycles. The van der Waals surface area contributed by atoms with Crippen LogP contribution < -0.4 is 40.0 Å². The SMILES string of the molecule is CC.CC(C(=O)[O-])N1C(=O)[C@H]([C@@H](C)O)C1[C@@H](C)CSc1scnc1C(=O)NCc1ccccn1.[Na+]. The first-order chi connectivity index (χ1) is 16.2. The average Bonchev–Trinajstić information content (AvgIpc) is 3.29. The van der Waals surface area contributed by atoms with Gasteiger partial charge in [0.25, 0.3) is 5.91 Å². The van der Waals surface area contributed by atoms with Gasteiger partial charge in [-0.1, -0.05) is 26.8 Å². The minimum Gasteiger partial charge on any atom is -0.548 e. The Hall–Kier alpha value is -1.50. The number of thioether (sulfide) groups is 1. The predicted octanol–water partition coefficient (Wildman–Crippen LogP) is -1.43. The van der Waals surface area contributed by atoms with E-state index in [2.05, 4.69) is 15.3 Å². The summed E-state index contributed by atoms with van der Waals surface area (Å²) in [6.45, 7) is 9.12. The fraction of sp³-hybridized carbons (Fsp3) is 0.522. The second kappa shape index (κ2) is 14.9. The fourth-order valence-corrected chi connectivity index (χ4v) is 5.80. The Kier molecular flexibility index (Phi) is 13.4. The van der Waals surface area contributed by atoms with Crippen molar-refractivity contribution in [3.63, 3.8) is 0 Å². The van der Waals surface area contributed by atoms with Crippen molar-refractivity contribution in [3.8, 4) is 0 Å². The van der Waals surface area contributed by atoms with Crippen molar-refractivity contribution in [2.75, 3.05) is 5.75 Å². The molecule has 2 aromatic rings. The van der Waals surface area contributed by atoms with Crippen LogP contribution in [0.25, 0.3) is 0 Å². The number of carboxylic acid groups (broad SMARTS) is 1. The molecule has 1 fully saturated rings. The number of carboxylic acids is 1. The van der Waals surface area contributed by atoms with Gasteiger partial charge >= 0.3 is 29.6 Å². The van der Waals surface area contributed by atoms with E-state index in [1.165, 1.54) is 41.8 Å². The van der Waals surface area contributed by atoms with E-state index in [0.717, 1.165) is 9.90 Å². The summed E-state index contributed by atoms with van der Waals surface area (Å²) in [5.74, 6) is -2.30. The van der Waals surface area contributed by atoms with Crippen molar-refractivity contribution in [1.82, 2.24) is 20.2 Å². The third-order valence-corrected chi connectivity index (χ3v) is 7.88. The minimum absolute atomic E-state index is 0. The number of likely N-dealkylation sites (tertiary alicyclic amines) is 1. The Morgan fingerprint density at radius 2 is 1.94 bits per heavy atom. The monoisotopic (exact) mass is 530 g/mol. The average molecular weight is 531 g/mol. The predicted molar refractivity (Wildman–Crippen MR) is 129 cm³/mol. The number of β-lactam (4-membered cyclic amide) rings is 1. The Labute approximate surface area is 236 Å². The second-order valence-electron chi connectivity index (χ2n) is 7.78. The van der Waals surface area contributed by atoms with Crippen LogP contribution in [0.4, 0.5) is 0 Å².